The van der Waals surface area contributed by atoms with Crippen LogP contribution in [-0.2, 0) is 27.1 Å². The molecule has 0 aliphatic carbocycles. The molecule has 2 rings (SSSR count). The smallest absolute Gasteiger partial charge is 0.213 e. The number of aromatic nitrogens is 4. The minimum Gasteiger partial charge on any atom is -0.481 e. The highest BCUT2D eigenvalue weighted by molar-refractivity contribution is 5.39. The summed E-state index contributed by atoms with van der Waals surface area (Å²) in [5.41, 5.74) is 2.32. The Morgan fingerprint density at radius 1 is 1.33 bits per heavy atom. The summed E-state index contributed by atoms with van der Waals surface area (Å²) in [5.74, 6) is 1.54. The molecule has 98 valence electrons. The number of aryl methyl sites for hydroxylation is 3. The quantitative estimate of drug-likeness (QED) is 0.868. The molecule has 0 saturated carbocycles. The fraction of sp³-hybridized carbons (Fsp3) is 0.500. The third-order valence-electron chi connectivity index (χ3n) is 2.83. The summed E-state index contributed by atoms with van der Waals surface area (Å²) in [6, 6.07) is 1.88. The first-order valence-electron chi connectivity index (χ1n) is 5.97. The minimum absolute atomic E-state index is 0.719. The molecular weight excluding hydrogens is 230 g/mol. The normalized spacial score (nSPS) is 10.7. The van der Waals surface area contributed by atoms with Gasteiger partial charge in [-0.2, -0.15) is 10.2 Å². The van der Waals surface area contributed by atoms with Crippen molar-refractivity contribution in [1.29, 1.82) is 0 Å². The molecular formula is C12H19N5O. The molecule has 0 spiro atoms. The van der Waals surface area contributed by atoms with Crippen LogP contribution in [0.25, 0.3) is 0 Å². The van der Waals surface area contributed by atoms with Gasteiger partial charge in [-0.3, -0.25) is 4.68 Å². The first kappa shape index (κ1) is 12.5. The maximum Gasteiger partial charge on any atom is 0.213 e. The van der Waals surface area contributed by atoms with E-state index in [1.165, 1.54) is 5.56 Å². The van der Waals surface area contributed by atoms with E-state index in [9.17, 15) is 0 Å². The molecule has 0 radical (unpaired) electrons. The van der Waals surface area contributed by atoms with Gasteiger partial charge in [-0.05, 0) is 6.42 Å². The molecule has 0 bridgehead atoms. The molecule has 0 unspecified atom stereocenters. The largest absolute Gasteiger partial charge is 0.481 e. The summed E-state index contributed by atoms with van der Waals surface area (Å²) in [4.78, 5) is 0. The molecule has 0 aromatic carbocycles. The van der Waals surface area contributed by atoms with Crippen LogP contribution in [-0.4, -0.2) is 26.7 Å². The van der Waals surface area contributed by atoms with Crippen LogP contribution in [0.3, 0.4) is 0 Å². The predicted molar refractivity (Wildman–Crippen MR) is 69.7 cm³/mol. The van der Waals surface area contributed by atoms with Crippen LogP contribution in [0.5, 0.6) is 5.88 Å². The molecule has 6 heteroatoms. The second-order valence-corrected chi connectivity index (χ2v) is 4.18. The van der Waals surface area contributed by atoms with Crippen LogP contribution in [0.1, 0.15) is 18.2 Å². The molecule has 18 heavy (non-hydrogen) atoms. The average molecular weight is 249 g/mol. The van der Waals surface area contributed by atoms with Crippen molar-refractivity contribution in [3.8, 4) is 5.88 Å². The van der Waals surface area contributed by atoms with Gasteiger partial charge in [0.05, 0.1) is 12.8 Å². The van der Waals surface area contributed by atoms with E-state index in [1.54, 1.807) is 11.8 Å². The van der Waals surface area contributed by atoms with E-state index in [4.69, 9.17) is 4.74 Å². The lowest BCUT2D eigenvalue weighted by Crippen LogP contribution is -2.02. The highest BCUT2D eigenvalue weighted by Crippen LogP contribution is 2.16. The highest BCUT2D eigenvalue weighted by Gasteiger charge is 2.08. The number of ether oxygens (including phenoxy) is 1. The van der Waals surface area contributed by atoms with E-state index < -0.39 is 0 Å². The Morgan fingerprint density at radius 3 is 2.72 bits per heavy atom. The maximum absolute atomic E-state index is 5.17. The lowest BCUT2D eigenvalue weighted by molar-refractivity contribution is 0.373. The molecule has 6 nitrogen and oxygen atoms in total. The van der Waals surface area contributed by atoms with Gasteiger partial charge in [0.1, 0.15) is 0 Å². The molecule has 0 aliphatic heterocycles. The van der Waals surface area contributed by atoms with Gasteiger partial charge in [-0.25, -0.2) is 4.68 Å². The van der Waals surface area contributed by atoms with Gasteiger partial charge in [-0.1, -0.05) is 6.92 Å². The Bertz CT molecular complexity index is 529. The number of anilines is 1. The lowest BCUT2D eigenvalue weighted by Gasteiger charge is -2.01. The van der Waals surface area contributed by atoms with Crippen molar-refractivity contribution in [3.63, 3.8) is 0 Å². The number of nitrogens with one attached hydrogen (secondary N) is 1. The zero-order valence-corrected chi connectivity index (χ0v) is 11.3. The molecule has 2 aromatic rings. The van der Waals surface area contributed by atoms with Gasteiger partial charge in [0.2, 0.25) is 5.88 Å². The molecule has 0 saturated heterocycles. The number of methoxy groups -OCH3 is 1. The molecule has 2 heterocycles. The van der Waals surface area contributed by atoms with Crippen molar-refractivity contribution < 1.29 is 4.74 Å². The van der Waals surface area contributed by atoms with Crippen molar-refractivity contribution in [1.82, 2.24) is 19.6 Å². The average Bonchev–Trinajstić information content (AvgIpc) is 2.89. The van der Waals surface area contributed by atoms with Crippen molar-refractivity contribution in [2.45, 2.75) is 19.9 Å². The van der Waals surface area contributed by atoms with Crippen LogP contribution in [0.4, 0.5) is 5.82 Å². The van der Waals surface area contributed by atoms with E-state index in [1.807, 2.05) is 31.0 Å². The minimum atomic E-state index is 0.719. The van der Waals surface area contributed by atoms with Gasteiger partial charge in [0.25, 0.3) is 0 Å². The van der Waals surface area contributed by atoms with E-state index in [-0.39, 0.29) is 0 Å². The summed E-state index contributed by atoms with van der Waals surface area (Å²) >= 11 is 0. The number of nitrogens with zero attached hydrogens (tertiary/aromatic N) is 4. The van der Waals surface area contributed by atoms with Crippen molar-refractivity contribution >= 4 is 5.82 Å². The van der Waals surface area contributed by atoms with Gasteiger partial charge in [0, 0.05) is 38.5 Å². The van der Waals surface area contributed by atoms with Crippen molar-refractivity contribution in [2.75, 3.05) is 12.4 Å². The van der Waals surface area contributed by atoms with Crippen LogP contribution in [0.15, 0.2) is 12.3 Å². The second kappa shape index (κ2) is 5.12. The number of hydrogen-bond acceptors (Lipinski definition) is 4. The summed E-state index contributed by atoms with van der Waals surface area (Å²) in [6.07, 6.45) is 2.97. The van der Waals surface area contributed by atoms with Crippen molar-refractivity contribution in [2.24, 2.45) is 14.1 Å². The fourth-order valence-electron chi connectivity index (χ4n) is 1.94. The van der Waals surface area contributed by atoms with Crippen LogP contribution in [0, 0.1) is 0 Å². The SMILES string of the molecule is CCc1nn(C)cc1CNc1cc(OC)n(C)n1. The second-order valence-electron chi connectivity index (χ2n) is 4.18. The zero-order chi connectivity index (χ0) is 13.1. The Kier molecular flexibility index (Phi) is 3.55. The van der Waals surface area contributed by atoms with Crippen LogP contribution in [0.2, 0.25) is 0 Å². The monoisotopic (exact) mass is 249 g/mol. The van der Waals surface area contributed by atoms with Gasteiger partial charge in [0.15, 0.2) is 5.82 Å². The number of hydrogen-bond donors (Lipinski definition) is 1. The van der Waals surface area contributed by atoms with Crippen LogP contribution >= 0.6 is 0 Å². The molecule has 1 N–H and O–H groups in total. The molecule has 0 aliphatic rings. The Morgan fingerprint density at radius 2 is 2.11 bits per heavy atom. The third kappa shape index (κ3) is 2.47. The standard InChI is InChI=1S/C12H19N5O/c1-5-10-9(8-16(2)14-10)7-13-11-6-12(18-4)17(3)15-11/h6,8H,5,7H2,1-4H3,(H,13,15). The van der Waals surface area contributed by atoms with E-state index >= 15 is 0 Å². The lowest BCUT2D eigenvalue weighted by atomic mass is 10.2. The summed E-state index contributed by atoms with van der Waals surface area (Å²) in [7, 11) is 5.43. The van der Waals surface area contributed by atoms with E-state index in [0.717, 1.165) is 30.4 Å². The summed E-state index contributed by atoms with van der Waals surface area (Å²) in [6.45, 7) is 2.83. The topological polar surface area (TPSA) is 56.9 Å². The molecule has 0 fully saturated rings. The molecule has 2 aromatic heterocycles. The summed E-state index contributed by atoms with van der Waals surface area (Å²) in [5, 5.41) is 12.0. The van der Waals surface area contributed by atoms with Crippen LogP contribution < -0.4 is 10.1 Å². The van der Waals surface area contributed by atoms with Gasteiger partial charge in [-0.15, -0.1) is 0 Å². The molecule has 0 amide bonds. The number of rotatable bonds is 5. The Labute approximate surface area is 107 Å². The van der Waals surface area contributed by atoms with E-state index in [2.05, 4.69) is 22.4 Å². The van der Waals surface area contributed by atoms with Gasteiger partial charge < -0.3 is 10.1 Å². The maximum atomic E-state index is 5.17. The highest BCUT2D eigenvalue weighted by atomic mass is 16.5. The Balaban J connectivity index is 2.06. The first-order valence-corrected chi connectivity index (χ1v) is 5.97. The first-order chi connectivity index (χ1) is 8.63. The van der Waals surface area contributed by atoms with Crippen molar-refractivity contribution in [3.05, 3.63) is 23.5 Å². The summed E-state index contributed by atoms with van der Waals surface area (Å²) < 4.78 is 8.71. The third-order valence-corrected chi connectivity index (χ3v) is 2.83. The zero-order valence-electron chi connectivity index (χ0n) is 11.3. The fourth-order valence-corrected chi connectivity index (χ4v) is 1.94. The predicted octanol–water partition coefficient (Wildman–Crippen LogP) is 1.34. The van der Waals surface area contributed by atoms with E-state index in [0.29, 0.717) is 0 Å². The molecule has 0 atom stereocenters. The van der Waals surface area contributed by atoms with Gasteiger partial charge >= 0.3 is 0 Å². The Hall–Kier alpha value is -1.98.